The predicted octanol–water partition coefficient (Wildman–Crippen LogP) is 3.34. The third kappa shape index (κ3) is 3.63. The van der Waals surface area contributed by atoms with Gasteiger partial charge in [0.05, 0.1) is 11.1 Å². The lowest BCUT2D eigenvalue weighted by molar-refractivity contribution is -0.137. The smallest absolute Gasteiger partial charge is 0.289 e. The molecule has 1 amide bonds. The molecule has 2 aromatic carbocycles. The highest BCUT2D eigenvalue weighted by molar-refractivity contribution is 5.82. The van der Waals surface area contributed by atoms with Crippen molar-refractivity contribution in [3.05, 3.63) is 65.9 Å². The highest BCUT2D eigenvalue weighted by atomic mass is 19.4. The maximum Gasteiger partial charge on any atom is 0.416 e. The van der Waals surface area contributed by atoms with Crippen LogP contribution in [-0.2, 0) is 17.4 Å². The van der Waals surface area contributed by atoms with E-state index in [1.807, 2.05) is 18.2 Å². The number of nitrogens with zero attached hydrogens (tertiary/aromatic N) is 2. The number of hydrogen-bond acceptors (Lipinski definition) is 3. The summed E-state index contributed by atoms with van der Waals surface area (Å²) in [4.78, 5) is 12.0. The third-order valence-electron chi connectivity index (χ3n) is 3.86. The number of aromatic nitrogens is 2. The second-order valence-electron chi connectivity index (χ2n) is 5.56. The van der Waals surface area contributed by atoms with Crippen LogP contribution in [0, 0.1) is 0 Å². The molecule has 3 aromatic rings. The van der Waals surface area contributed by atoms with Crippen LogP contribution < -0.4 is 5.48 Å². The van der Waals surface area contributed by atoms with Gasteiger partial charge in [0.2, 0.25) is 0 Å². The zero-order chi connectivity index (χ0) is 18.0. The molecule has 8 heteroatoms. The Morgan fingerprint density at radius 3 is 2.56 bits per heavy atom. The van der Waals surface area contributed by atoms with E-state index < -0.39 is 23.7 Å². The monoisotopic (exact) mass is 349 g/mol. The van der Waals surface area contributed by atoms with Gasteiger partial charge in [0.15, 0.2) is 0 Å². The second kappa shape index (κ2) is 6.56. The summed E-state index contributed by atoms with van der Waals surface area (Å²) < 4.78 is 39.7. The van der Waals surface area contributed by atoms with Crippen LogP contribution in [0.2, 0.25) is 0 Å². The molecule has 1 atom stereocenters. The molecule has 0 saturated carbocycles. The molecule has 0 bridgehead atoms. The van der Waals surface area contributed by atoms with Gasteiger partial charge in [0.1, 0.15) is 6.04 Å². The Balaban J connectivity index is 1.99. The van der Waals surface area contributed by atoms with Crippen molar-refractivity contribution in [1.29, 1.82) is 0 Å². The number of carbonyl (C=O) groups is 1. The molecule has 5 nitrogen and oxygen atoms in total. The number of hydroxylamine groups is 1. The lowest BCUT2D eigenvalue weighted by Gasteiger charge is -2.15. The number of alkyl halides is 3. The standard InChI is InChI=1S/C17H14F3N3O2/c18-17(19,20)13-7-6-12-10-23(21-14(12)9-13)15(16(24)22-25)8-11-4-2-1-3-5-11/h1-7,9-10,15,25H,8H2,(H,22,24). The molecule has 0 radical (unpaired) electrons. The number of carbonyl (C=O) groups excluding carboxylic acids is 1. The summed E-state index contributed by atoms with van der Waals surface area (Å²) in [5.74, 6) is -0.701. The van der Waals surface area contributed by atoms with Crippen LogP contribution in [-0.4, -0.2) is 20.9 Å². The SMILES string of the molecule is O=C(NO)C(Cc1ccccc1)n1cc2ccc(C(F)(F)F)cc2n1. The van der Waals surface area contributed by atoms with Crippen molar-refractivity contribution in [2.24, 2.45) is 0 Å². The van der Waals surface area contributed by atoms with Crippen LogP contribution in [0.3, 0.4) is 0 Å². The normalized spacial score (nSPS) is 13.0. The van der Waals surface area contributed by atoms with Gasteiger partial charge in [-0.1, -0.05) is 36.4 Å². The van der Waals surface area contributed by atoms with Gasteiger partial charge in [-0.2, -0.15) is 18.3 Å². The fraction of sp³-hybridized carbons (Fsp3) is 0.176. The largest absolute Gasteiger partial charge is 0.416 e. The van der Waals surface area contributed by atoms with E-state index in [-0.39, 0.29) is 11.9 Å². The van der Waals surface area contributed by atoms with E-state index in [4.69, 9.17) is 5.21 Å². The first-order valence-electron chi connectivity index (χ1n) is 7.42. The molecule has 2 N–H and O–H groups in total. The first kappa shape index (κ1) is 17.0. The second-order valence-corrected chi connectivity index (χ2v) is 5.56. The molecule has 0 fully saturated rings. The number of benzene rings is 2. The molecular weight excluding hydrogens is 335 g/mol. The average Bonchev–Trinajstić information content (AvgIpc) is 3.02. The lowest BCUT2D eigenvalue weighted by Crippen LogP contribution is -2.32. The van der Waals surface area contributed by atoms with Gasteiger partial charge in [-0.15, -0.1) is 0 Å². The molecule has 0 spiro atoms. The maximum absolute atomic E-state index is 12.8. The molecule has 3 rings (SSSR count). The predicted molar refractivity (Wildman–Crippen MR) is 83.8 cm³/mol. The van der Waals surface area contributed by atoms with Crippen molar-refractivity contribution in [2.75, 3.05) is 0 Å². The summed E-state index contributed by atoms with van der Waals surface area (Å²) in [7, 11) is 0. The zero-order valence-electron chi connectivity index (χ0n) is 12.9. The quantitative estimate of drug-likeness (QED) is 0.561. The van der Waals surface area contributed by atoms with E-state index in [1.165, 1.54) is 16.9 Å². The molecule has 0 saturated heterocycles. The van der Waals surface area contributed by atoms with Crippen molar-refractivity contribution in [3.8, 4) is 0 Å². The molecule has 1 unspecified atom stereocenters. The van der Waals surface area contributed by atoms with Gasteiger partial charge < -0.3 is 0 Å². The molecule has 0 aliphatic rings. The van der Waals surface area contributed by atoms with Crippen molar-refractivity contribution in [2.45, 2.75) is 18.6 Å². The molecule has 130 valence electrons. The van der Waals surface area contributed by atoms with E-state index in [2.05, 4.69) is 5.10 Å². The fourth-order valence-electron chi connectivity index (χ4n) is 2.59. The number of fused-ring (bicyclic) bond motifs is 1. The highest BCUT2D eigenvalue weighted by Crippen LogP contribution is 2.31. The van der Waals surface area contributed by atoms with Crippen LogP contribution in [0.1, 0.15) is 17.2 Å². The van der Waals surface area contributed by atoms with Crippen LogP contribution in [0.4, 0.5) is 13.2 Å². The van der Waals surface area contributed by atoms with Crippen LogP contribution in [0.5, 0.6) is 0 Å². The molecule has 0 aliphatic carbocycles. The van der Waals surface area contributed by atoms with E-state index in [0.717, 1.165) is 17.7 Å². The van der Waals surface area contributed by atoms with Crippen LogP contribution >= 0.6 is 0 Å². The number of hydrogen-bond donors (Lipinski definition) is 2. The number of nitrogens with one attached hydrogen (secondary N) is 1. The summed E-state index contributed by atoms with van der Waals surface area (Å²) in [6.07, 6.45) is -2.75. The van der Waals surface area contributed by atoms with Gasteiger partial charge in [-0.3, -0.25) is 14.7 Å². The minimum atomic E-state index is -4.47. The Bertz CT molecular complexity index is 891. The van der Waals surface area contributed by atoms with Crippen molar-refractivity contribution < 1.29 is 23.2 Å². The number of rotatable bonds is 4. The maximum atomic E-state index is 12.8. The first-order valence-corrected chi connectivity index (χ1v) is 7.42. The Morgan fingerprint density at radius 2 is 1.92 bits per heavy atom. The summed E-state index contributed by atoms with van der Waals surface area (Å²) >= 11 is 0. The summed E-state index contributed by atoms with van der Waals surface area (Å²) in [5.41, 5.74) is 1.72. The molecule has 1 aromatic heterocycles. The van der Waals surface area contributed by atoms with Crippen molar-refractivity contribution in [3.63, 3.8) is 0 Å². The lowest BCUT2D eigenvalue weighted by atomic mass is 10.1. The topological polar surface area (TPSA) is 67.2 Å². The Kier molecular flexibility index (Phi) is 4.45. The van der Waals surface area contributed by atoms with Crippen molar-refractivity contribution in [1.82, 2.24) is 15.3 Å². The summed E-state index contributed by atoms with van der Waals surface area (Å²) in [5, 5.41) is 13.5. The van der Waals surface area contributed by atoms with Gasteiger partial charge in [-0.25, -0.2) is 5.48 Å². The Morgan fingerprint density at radius 1 is 1.20 bits per heavy atom. The Hall–Kier alpha value is -2.87. The number of halogens is 3. The van der Waals surface area contributed by atoms with E-state index >= 15 is 0 Å². The first-order chi connectivity index (χ1) is 11.9. The van der Waals surface area contributed by atoms with E-state index in [9.17, 15) is 18.0 Å². The minimum absolute atomic E-state index is 0.124. The van der Waals surface area contributed by atoms with E-state index in [0.29, 0.717) is 5.39 Å². The summed E-state index contributed by atoms with van der Waals surface area (Å²) in [6.45, 7) is 0. The minimum Gasteiger partial charge on any atom is -0.289 e. The Labute approximate surface area is 140 Å². The third-order valence-corrected chi connectivity index (χ3v) is 3.86. The summed E-state index contributed by atoms with van der Waals surface area (Å²) in [6, 6.07) is 11.4. The van der Waals surface area contributed by atoms with E-state index in [1.54, 1.807) is 17.6 Å². The highest BCUT2D eigenvalue weighted by Gasteiger charge is 2.31. The van der Waals surface area contributed by atoms with Gasteiger partial charge in [0.25, 0.3) is 5.91 Å². The van der Waals surface area contributed by atoms with Gasteiger partial charge in [0, 0.05) is 18.0 Å². The molecule has 1 heterocycles. The van der Waals surface area contributed by atoms with Gasteiger partial charge in [-0.05, 0) is 17.7 Å². The van der Waals surface area contributed by atoms with Crippen LogP contribution in [0.15, 0.2) is 54.7 Å². The van der Waals surface area contributed by atoms with Crippen LogP contribution in [0.25, 0.3) is 10.9 Å². The average molecular weight is 349 g/mol. The number of amides is 1. The fourth-order valence-corrected chi connectivity index (χ4v) is 2.59. The molecular formula is C17H14F3N3O2. The van der Waals surface area contributed by atoms with Crippen molar-refractivity contribution >= 4 is 16.8 Å². The van der Waals surface area contributed by atoms with Gasteiger partial charge >= 0.3 is 6.18 Å². The molecule has 0 aliphatic heterocycles. The molecule has 25 heavy (non-hydrogen) atoms. The zero-order valence-corrected chi connectivity index (χ0v) is 12.9.